The molecule has 0 saturated heterocycles. The molecule has 22 heavy (non-hydrogen) atoms. The van der Waals surface area contributed by atoms with Crippen LogP contribution in [0.15, 0.2) is 48.8 Å². The summed E-state index contributed by atoms with van der Waals surface area (Å²) in [6, 6.07) is 10.2. The molecule has 0 fully saturated rings. The maximum Gasteiger partial charge on any atom is 0.234 e. The molecule has 7 heteroatoms. The van der Waals surface area contributed by atoms with Crippen LogP contribution in [-0.2, 0) is 6.42 Å². The minimum Gasteiger partial charge on any atom is -0.265 e. The van der Waals surface area contributed by atoms with Crippen molar-refractivity contribution in [3.63, 3.8) is 0 Å². The molecule has 1 aromatic carbocycles. The molecule has 0 N–H and O–H groups in total. The molecule has 0 aliphatic rings. The molecule has 108 valence electrons. The average Bonchev–Trinajstić information content (AvgIpc) is 3.10. The predicted molar refractivity (Wildman–Crippen MR) is 81.1 cm³/mol. The number of nitrogens with zero attached hydrogens (tertiary/aromatic N) is 5. The van der Waals surface area contributed by atoms with Gasteiger partial charge in [-0.3, -0.25) is 4.98 Å². The lowest BCUT2D eigenvalue weighted by atomic mass is 10.2. The smallest absolute Gasteiger partial charge is 0.234 e. The van der Waals surface area contributed by atoms with Gasteiger partial charge in [0.2, 0.25) is 4.96 Å². The number of halogens is 1. The SMILES string of the molecule is Fc1ccc(Cc2nn3c(-c4ccncc4)nnc3s2)cc1. The molecule has 0 amide bonds. The number of fused-ring (bicyclic) bond motifs is 1. The molecule has 4 rings (SSSR count). The van der Waals surface area contributed by atoms with E-state index in [4.69, 9.17) is 0 Å². The quantitative estimate of drug-likeness (QED) is 0.583. The summed E-state index contributed by atoms with van der Waals surface area (Å²) in [4.78, 5) is 4.74. The van der Waals surface area contributed by atoms with Gasteiger partial charge in [-0.15, -0.1) is 10.2 Å². The van der Waals surface area contributed by atoms with Crippen molar-refractivity contribution in [3.8, 4) is 11.4 Å². The Labute approximate surface area is 129 Å². The van der Waals surface area contributed by atoms with E-state index in [1.165, 1.54) is 23.5 Å². The fraction of sp³-hybridized carbons (Fsp3) is 0.0667. The van der Waals surface area contributed by atoms with Crippen LogP contribution in [0.3, 0.4) is 0 Å². The maximum atomic E-state index is 12.9. The van der Waals surface area contributed by atoms with Gasteiger partial charge >= 0.3 is 0 Å². The zero-order chi connectivity index (χ0) is 14.9. The molecule has 0 saturated carbocycles. The first-order valence-electron chi connectivity index (χ1n) is 6.65. The summed E-state index contributed by atoms with van der Waals surface area (Å²) in [7, 11) is 0. The monoisotopic (exact) mass is 311 g/mol. The van der Waals surface area contributed by atoms with E-state index in [0.29, 0.717) is 12.2 Å². The lowest BCUT2D eigenvalue weighted by Crippen LogP contribution is -1.93. The summed E-state index contributed by atoms with van der Waals surface area (Å²) < 4.78 is 14.7. The van der Waals surface area contributed by atoms with Gasteiger partial charge in [0, 0.05) is 24.4 Å². The summed E-state index contributed by atoms with van der Waals surface area (Å²) in [5.41, 5.74) is 1.93. The fourth-order valence-corrected chi connectivity index (χ4v) is 3.05. The largest absolute Gasteiger partial charge is 0.265 e. The predicted octanol–water partition coefficient (Wildman–Crippen LogP) is 2.98. The topological polar surface area (TPSA) is 56.0 Å². The number of hydrogen-bond acceptors (Lipinski definition) is 5. The van der Waals surface area contributed by atoms with Crippen molar-refractivity contribution in [2.24, 2.45) is 0 Å². The van der Waals surface area contributed by atoms with Crippen LogP contribution in [0.5, 0.6) is 0 Å². The van der Waals surface area contributed by atoms with Crippen molar-refractivity contribution in [2.75, 3.05) is 0 Å². The van der Waals surface area contributed by atoms with E-state index in [1.807, 2.05) is 12.1 Å². The molecule has 3 heterocycles. The standard InChI is InChI=1S/C15H10FN5S/c16-12-3-1-10(2-4-12)9-13-20-21-14(18-19-15(21)22-13)11-5-7-17-8-6-11/h1-8H,9H2. The second-order valence-corrected chi connectivity index (χ2v) is 5.79. The van der Waals surface area contributed by atoms with Gasteiger partial charge in [0.05, 0.1) is 0 Å². The van der Waals surface area contributed by atoms with E-state index in [2.05, 4.69) is 20.3 Å². The van der Waals surface area contributed by atoms with Crippen molar-refractivity contribution in [1.29, 1.82) is 0 Å². The highest BCUT2D eigenvalue weighted by Crippen LogP contribution is 2.22. The van der Waals surface area contributed by atoms with Crippen LogP contribution >= 0.6 is 11.3 Å². The van der Waals surface area contributed by atoms with E-state index < -0.39 is 0 Å². The minimum atomic E-state index is -0.234. The van der Waals surface area contributed by atoms with Gasteiger partial charge in [0.1, 0.15) is 10.8 Å². The molecule has 4 aromatic rings. The van der Waals surface area contributed by atoms with Crippen molar-refractivity contribution in [1.82, 2.24) is 24.8 Å². The summed E-state index contributed by atoms with van der Waals surface area (Å²) in [5, 5.41) is 13.8. The molecule has 0 atom stereocenters. The average molecular weight is 311 g/mol. The second-order valence-electron chi connectivity index (χ2n) is 4.75. The van der Waals surface area contributed by atoms with Crippen molar-refractivity contribution in [2.45, 2.75) is 6.42 Å². The van der Waals surface area contributed by atoms with Gasteiger partial charge in [0.15, 0.2) is 5.82 Å². The van der Waals surface area contributed by atoms with Gasteiger partial charge < -0.3 is 0 Å². The van der Waals surface area contributed by atoms with E-state index in [0.717, 1.165) is 21.1 Å². The third-order valence-electron chi connectivity index (χ3n) is 3.24. The lowest BCUT2D eigenvalue weighted by Gasteiger charge is -1.97. The van der Waals surface area contributed by atoms with Crippen LogP contribution in [0.1, 0.15) is 10.6 Å². The Morgan fingerprint density at radius 3 is 2.55 bits per heavy atom. The van der Waals surface area contributed by atoms with Gasteiger partial charge in [0.25, 0.3) is 0 Å². The Bertz CT molecular complexity index is 914. The highest BCUT2D eigenvalue weighted by atomic mass is 32.1. The Morgan fingerprint density at radius 2 is 1.77 bits per heavy atom. The Hall–Kier alpha value is -2.67. The molecule has 0 spiro atoms. The number of aromatic nitrogens is 5. The number of pyridine rings is 1. The van der Waals surface area contributed by atoms with Gasteiger partial charge in [-0.05, 0) is 29.8 Å². The Morgan fingerprint density at radius 1 is 1.00 bits per heavy atom. The van der Waals surface area contributed by atoms with Gasteiger partial charge in [-0.2, -0.15) is 9.61 Å². The first-order chi connectivity index (χ1) is 10.8. The Balaban J connectivity index is 1.70. The van der Waals surface area contributed by atoms with Crippen LogP contribution < -0.4 is 0 Å². The molecule has 3 aromatic heterocycles. The van der Waals surface area contributed by atoms with Gasteiger partial charge in [-0.1, -0.05) is 23.5 Å². The third-order valence-corrected chi connectivity index (χ3v) is 4.14. The minimum absolute atomic E-state index is 0.234. The highest BCUT2D eigenvalue weighted by Gasteiger charge is 2.13. The van der Waals surface area contributed by atoms with Crippen molar-refractivity contribution in [3.05, 3.63) is 65.2 Å². The Kier molecular flexibility index (Phi) is 3.12. The van der Waals surface area contributed by atoms with Crippen LogP contribution in [0.4, 0.5) is 4.39 Å². The van der Waals surface area contributed by atoms with Crippen LogP contribution in [0.2, 0.25) is 0 Å². The third kappa shape index (κ3) is 2.35. The first-order valence-corrected chi connectivity index (χ1v) is 7.47. The number of rotatable bonds is 3. The summed E-state index contributed by atoms with van der Waals surface area (Å²) in [5.74, 6) is 0.459. The molecule has 5 nitrogen and oxygen atoms in total. The molecule has 0 aliphatic heterocycles. The molecule has 0 bridgehead atoms. The molecular weight excluding hydrogens is 301 g/mol. The van der Waals surface area contributed by atoms with E-state index in [1.54, 1.807) is 29.0 Å². The molecular formula is C15H10FN5S. The number of hydrogen-bond donors (Lipinski definition) is 0. The summed E-state index contributed by atoms with van der Waals surface area (Å²) >= 11 is 1.48. The fourth-order valence-electron chi connectivity index (χ4n) is 2.19. The van der Waals surface area contributed by atoms with Crippen LogP contribution in [0, 0.1) is 5.82 Å². The zero-order valence-corrected chi connectivity index (χ0v) is 12.2. The molecule has 0 unspecified atom stereocenters. The summed E-state index contributed by atoms with van der Waals surface area (Å²) in [6.07, 6.45) is 4.06. The normalized spacial score (nSPS) is 11.1. The summed E-state index contributed by atoms with van der Waals surface area (Å²) in [6.45, 7) is 0. The second kappa shape index (κ2) is 5.27. The van der Waals surface area contributed by atoms with E-state index >= 15 is 0 Å². The number of benzene rings is 1. The van der Waals surface area contributed by atoms with E-state index in [9.17, 15) is 4.39 Å². The first kappa shape index (κ1) is 13.0. The van der Waals surface area contributed by atoms with Crippen LogP contribution in [-0.4, -0.2) is 24.8 Å². The highest BCUT2D eigenvalue weighted by molar-refractivity contribution is 7.16. The lowest BCUT2D eigenvalue weighted by molar-refractivity contribution is 0.627. The van der Waals surface area contributed by atoms with Crippen LogP contribution in [0.25, 0.3) is 16.3 Å². The molecule has 0 radical (unpaired) electrons. The van der Waals surface area contributed by atoms with Crippen molar-refractivity contribution >= 4 is 16.3 Å². The zero-order valence-electron chi connectivity index (χ0n) is 11.3. The maximum absolute atomic E-state index is 12.9. The van der Waals surface area contributed by atoms with Gasteiger partial charge in [-0.25, -0.2) is 4.39 Å². The van der Waals surface area contributed by atoms with E-state index in [-0.39, 0.29) is 5.82 Å². The van der Waals surface area contributed by atoms with Crippen molar-refractivity contribution < 1.29 is 4.39 Å². The molecule has 0 aliphatic carbocycles.